The molecule has 0 amide bonds. The molecular weight excluding hydrogens is 463 g/mol. The van der Waals surface area contributed by atoms with Gasteiger partial charge in [0.15, 0.2) is 6.29 Å². The second-order valence-corrected chi connectivity index (χ2v) is 7.62. The third-order valence-corrected chi connectivity index (χ3v) is 5.44. The Hall–Kier alpha value is -4.53. The van der Waals surface area contributed by atoms with Crippen molar-refractivity contribution in [3.8, 4) is 11.1 Å². The quantitative estimate of drug-likeness (QED) is 0.135. The van der Waals surface area contributed by atoms with Gasteiger partial charge in [-0.25, -0.2) is 4.79 Å². The van der Waals surface area contributed by atoms with Crippen molar-refractivity contribution in [2.24, 2.45) is 0 Å². The predicted molar refractivity (Wildman–Crippen MR) is 122 cm³/mol. The molecule has 0 atom stereocenters. The van der Waals surface area contributed by atoms with Gasteiger partial charge in [-0.15, -0.1) is 0 Å². The number of hydrogen-bond acceptors (Lipinski definition) is 5. The van der Waals surface area contributed by atoms with Crippen LogP contribution in [0.15, 0.2) is 78.9 Å². The molecule has 0 spiro atoms. The number of esters is 1. The average molecular weight is 479 g/mol. The molecular formula is C26H16F3NO5. The number of nitro benzene ring substituents is 1. The Morgan fingerprint density at radius 3 is 2.46 bits per heavy atom. The lowest BCUT2D eigenvalue weighted by Gasteiger charge is -2.17. The van der Waals surface area contributed by atoms with E-state index in [2.05, 4.69) is 0 Å². The van der Waals surface area contributed by atoms with Gasteiger partial charge in [-0.3, -0.25) is 14.9 Å². The summed E-state index contributed by atoms with van der Waals surface area (Å²) in [4.78, 5) is 34.7. The van der Waals surface area contributed by atoms with Gasteiger partial charge >= 0.3 is 12.1 Å². The number of alkyl halides is 3. The van der Waals surface area contributed by atoms with Crippen LogP contribution in [0.5, 0.6) is 0 Å². The van der Waals surface area contributed by atoms with Crippen molar-refractivity contribution < 1.29 is 32.4 Å². The van der Waals surface area contributed by atoms with E-state index in [0.717, 1.165) is 23.6 Å². The van der Waals surface area contributed by atoms with Gasteiger partial charge in [0.05, 0.1) is 16.1 Å². The molecule has 0 aliphatic rings. The highest BCUT2D eigenvalue weighted by atomic mass is 19.4. The third kappa shape index (κ3) is 4.89. The summed E-state index contributed by atoms with van der Waals surface area (Å²) in [5.74, 6) is -0.809. The minimum atomic E-state index is -4.62. The number of benzene rings is 4. The van der Waals surface area contributed by atoms with E-state index in [1.165, 1.54) is 24.3 Å². The van der Waals surface area contributed by atoms with Crippen molar-refractivity contribution >= 4 is 28.7 Å². The van der Waals surface area contributed by atoms with Crippen LogP contribution >= 0.6 is 0 Å². The first kappa shape index (κ1) is 23.6. The lowest BCUT2D eigenvalue weighted by Crippen LogP contribution is -2.08. The van der Waals surface area contributed by atoms with Crippen molar-refractivity contribution in [3.05, 3.63) is 111 Å². The Bertz CT molecular complexity index is 1460. The number of non-ortho nitro benzene ring substituents is 1. The fourth-order valence-electron chi connectivity index (χ4n) is 3.79. The number of carbonyl (C=O) groups excluding carboxylic acids is 2. The molecule has 4 rings (SSSR count). The first-order valence-corrected chi connectivity index (χ1v) is 10.3. The molecule has 4 aromatic carbocycles. The summed E-state index contributed by atoms with van der Waals surface area (Å²) in [7, 11) is 0. The maximum atomic E-state index is 13.2. The van der Waals surface area contributed by atoms with E-state index in [1.54, 1.807) is 30.3 Å². The van der Waals surface area contributed by atoms with Gasteiger partial charge in [0, 0.05) is 17.7 Å². The fraction of sp³-hybridized carbons (Fsp3) is 0.0769. The number of nitrogens with zero attached hydrogens (tertiary/aromatic N) is 1. The Balaban J connectivity index is 1.77. The van der Waals surface area contributed by atoms with Crippen molar-refractivity contribution in [3.63, 3.8) is 0 Å². The van der Waals surface area contributed by atoms with E-state index in [9.17, 15) is 32.9 Å². The number of carbonyl (C=O) groups is 2. The molecule has 35 heavy (non-hydrogen) atoms. The summed E-state index contributed by atoms with van der Waals surface area (Å²) in [5, 5.41) is 12.4. The maximum Gasteiger partial charge on any atom is 0.416 e. The molecule has 0 bridgehead atoms. The van der Waals surface area contributed by atoms with Crippen LogP contribution in [0.3, 0.4) is 0 Å². The summed E-state index contributed by atoms with van der Waals surface area (Å²) in [6, 6.07) is 18.5. The zero-order valence-electron chi connectivity index (χ0n) is 17.9. The summed E-state index contributed by atoms with van der Waals surface area (Å²) < 4.78 is 45.0. The summed E-state index contributed by atoms with van der Waals surface area (Å²) in [6.07, 6.45) is -4.27. The molecule has 0 aliphatic heterocycles. The van der Waals surface area contributed by atoms with Crippen LogP contribution in [0.2, 0.25) is 0 Å². The third-order valence-electron chi connectivity index (χ3n) is 5.44. The Labute approximate surface area is 196 Å². The van der Waals surface area contributed by atoms with E-state index in [4.69, 9.17) is 4.74 Å². The monoisotopic (exact) mass is 479 g/mol. The van der Waals surface area contributed by atoms with Crippen molar-refractivity contribution in [2.75, 3.05) is 0 Å². The fourth-order valence-corrected chi connectivity index (χ4v) is 3.79. The van der Waals surface area contributed by atoms with E-state index >= 15 is 0 Å². The topological polar surface area (TPSA) is 86.5 Å². The lowest BCUT2D eigenvalue weighted by atomic mass is 9.90. The summed E-state index contributed by atoms with van der Waals surface area (Å²) in [5.41, 5.74) is -0.261. The van der Waals surface area contributed by atoms with E-state index in [1.807, 2.05) is 6.07 Å². The van der Waals surface area contributed by atoms with Gasteiger partial charge in [0.25, 0.3) is 5.69 Å². The summed E-state index contributed by atoms with van der Waals surface area (Å²) >= 11 is 0. The molecule has 0 unspecified atom stereocenters. The molecule has 0 aliphatic carbocycles. The Morgan fingerprint density at radius 2 is 1.74 bits per heavy atom. The highest BCUT2D eigenvalue weighted by Gasteiger charge is 2.31. The van der Waals surface area contributed by atoms with Gasteiger partial charge in [0.2, 0.25) is 0 Å². The van der Waals surface area contributed by atoms with Gasteiger partial charge < -0.3 is 4.74 Å². The molecule has 0 fully saturated rings. The van der Waals surface area contributed by atoms with Crippen molar-refractivity contribution in [1.29, 1.82) is 0 Å². The molecule has 4 aromatic rings. The SMILES string of the molecule is O=Cc1cc(C(F)(F)F)ccc1-c1c(COC(=O)c2cccc([N+](=O)[O-])c2)ccc2ccccc12. The second-order valence-electron chi connectivity index (χ2n) is 7.62. The Kier molecular flexibility index (Phi) is 6.33. The summed E-state index contributed by atoms with van der Waals surface area (Å²) in [6.45, 7) is -0.277. The Morgan fingerprint density at radius 1 is 0.971 bits per heavy atom. The highest BCUT2D eigenvalue weighted by Crippen LogP contribution is 2.37. The number of halogens is 3. The molecule has 0 N–H and O–H groups in total. The molecule has 0 aromatic heterocycles. The lowest BCUT2D eigenvalue weighted by molar-refractivity contribution is -0.384. The zero-order valence-corrected chi connectivity index (χ0v) is 17.9. The molecule has 0 heterocycles. The van der Waals surface area contributed by atoms with Crippen LogP contribution in [0.25, 0.3) is 21.9 Å². The molecule has 0 saturated heterocycles. The van der Waals surface area contributed by atoms with Gasteiger partial charge in [-0.05, 0) is 45.7 Å². The van der Waals surface area contributed by atoms with Crippen LogP contribution in [0.1, 0.15) is 31.8 Å². The number of rotatable bonds is 6. The molecule has 0 saturated carbocycles. The molecule has 6 nitrogen and oxygen atoms in total. The minimum absolute atomic E-state index is 0.0235. The first-order chi connectivity index (χ1) is 16.7. The molecule has 9 heteroatoms. The number of nitro groups is 1. The molecule has 0 radical (unpaired) electrons. The van der Waals surface area contributed by atoms with Gasteiger partial charge in [-0.2, -0.15) is 13.2 Å². The normalized spacial score (nSPS) is 11.3. The van der Waals surface area contributed by atoms with E-state index in [-0.39, 0.29) is 29.0 Å². The van der Waals surface area contributed by atoms with E-state index in [0.29, 0.717) is 22.8 Å². The zero-order chi connectivity index (χ0) is 25.2. The van der Waals surface area contributed by atoms with E-state index < -0.39 is 22.6 Å². The van der Waals surface area contributed by atoms with Crippen LogP contribution in [0, 0.1) is 10.1 Å². The van der Waals surface area contributed by atoms with Crippen LogP contribution < -0.4 is 0 Å². The average Bonchev–Trinajstić information content (AvgIpc) is 2.86. The first-order valence-electron chi connectivity index (χ1n) is 10.3. The largest absolute Gasteiger partial charge is 0.457 e. The van der Waals surface area contributed by atoms with Gasteiger partial charge in [0.1, 0.15) is 6.61 Å². The molecule has 176 valence electrons. The van der Waals surface area contributed by atoms with Crippen LogP contribution in [0.4, 0.5) is 18.9 Å². The number of aldehydes is 1. The van der Waals surface area contributed by atoms with Crippen LogP contribution in [-0.2, 0) is 17.5 Å². The predicted octanol–water partition coefficient (Wildman–Crippen LogP) is 6.60. The minimum Gasteiger partial charge on any atom is -0.457 e. The number of ether oxygens (including phenoxy) is 1. The standard InChI is InChI=1S/C26H16F3NO5/c27-26(28,29)20-10-11-23(19(12-20)14-31)24-18(9-8-16-4-1-2-7-22(16)24)15-35-25(32)17-5-3-6-21(13-17)30(33)34/h1-14H,15H2. The van der Waals surface area contributed by atoms with Crippen LogP contribution in [-0.4, -0.2) is 17.2 Å². The van der Waals surface area contributed by atoms with Gasteiger partial charge in [-0.1, -0.05) is 48.5 Å². The van der Waals surface area contributed by atoms with Crippen molar-refractivity contribution in [1.82, 2.24) is 0 Å². The van der Waals surface area contributed by atoms with Crippen molar-refractivity contribution in [2.45, 2.75) is 12.8 Å². The second kappa shape index (κ2) is 9.38. The maximum absolute atomic E-state index is 13.2. The highest BCUT2D eigenvalue weighted by molar-refractivity contribution is 6.02. The smallest absolute Gasteiger partial charge is 0.416 e. The number of fused-ring (bicyclic) bond motifs is 1. The number of hydrogen-bond donors (Lipinski definition) is 0.